The molecule has 2 saturated heterocycles. The zero-order chi connectivity index (χ0) is 16.9. The number of carbonyl (C=O) groups excluding carboxylic acids is 1. The highest BCUT2D eigenvalue weighted by molar-refractivity contribution is 5.68. The number of nitrogens with zero attached hydrogens (tertiary/aromatic N) is 2. The SMILES string of the molecule is CC(CNCC1CCCCN1C(=O)OC(C)(C)C)N1CCCC1. The second-order valence-electron chi connectivity index (χ2n) is 8.07. The molecule has 2 atom stereocenters. The van der Waals surface area contributed by atoms with Gasteiger partial charge in [0, 0.05) is 31.7 Å². The number of rotatable bonds is 5. The largest absolute Gasteiger partial charge is 0.444 e. The molecule has 5 heteroatoms. The van der Waals surface area contributed by atoms with Crippen LogP contribution in [0.3, 0.4) is 0 Å². The zero-order valence-corrected chi connectivity index (χ0v) is 15.4. The van der Waals surface area contributed by atoms with Crippen LogP contribution in [0.1, 0.15) is 59.8 Å². The lowest BCUT2D eigenvalue weighted by Gasteiger charge is -2.37. The van der Waals surface area contributed by atoms with Crippen LogP contribution in [-0.4, -0.2) is 66.3 Å². The molecule has 5 nitrogen and oxygen atoms in total. The topological polar surface area (TPSA) is 44.8 Å². The van der Waals surface area contributed by atoms with Crippen LogP contribution in [0.2, 0.25) is 0 Å². The molecule has 0 aromatic rings. The van der Waals surface area contributed by atoms with Crippen molar-refractivity contribution in [1.29, 1.82) is 0 Å². The first-order chi connectivity index (χ1) is 10.9. The number of likely N-dealkylation sites (tertiary alicyclic amines) is 2. The number of carbonyl (C=O) groups is 1. The number of hydrogen-bond acceptors (Lipinski definition) is 4. The van der Waals surface area contributed by atoms with Gasteiger partial charge in [0.15, 0.2) is 0 Å². The molecule has 2 rings (SSSR count). The fourth-order valence-corrected chi connectivity index (χ4v) is 3.54. The van der Waals surface area contributed by atoms with Crippen LogP contribution in [0.25, 0.3) is 0 Å². The highest BCUT2D eigenvalue weighted by atomic mass is 16.6. The zero-order valence-electron chi connectivity index (χ0n) is 15.4. The molecular formula is C18H35N3O2. The van der Waals surface area contributed by atoms with E-state index < -0.39 is 5.60 Å². The van der Waals surface area contributed by atoms with Gasteiger partial charge in [0.25, 0.3) is 0 Å². The van der Waals surface area contributed by atoms with Crippen molar-refractivity contribution in [1.82, 2.24) is 15.1 Å². The quantitative estimate of drug-likeness (QED) is 0.844. The summed E-state index contributed by atoms with van der Waals surface area (Å²) in [6, 6.07) is 0.848. The van der Waals surface area contributed by atoms with Crippen LogP contribution in [0.4, 0.5) is 4.79 Å². The van der Waals surface area contributed by atoms with Crippen molar-refractivity contribution >= 4 is 6.09 Å². The van der Waals surface area contributed by atoms with Crippen molar-refractivity contribution in [3.8, 4) is 0 Å². The normalized spacial score (nSPS) is 24.7. The van der Waals surface area contributed by atoms with E-state index >= 15 is 0 Å². The molecule has 134 valence electrons. The lowest BCUT2D eigenvalue weighted by Crippen LogP contribution is -2.51. The molecule has 0 radical (unpaired) electrons. The number of hydrogen-bond donors (Lipinski definition) is 1. The van der Waals surface area contributed by atoms with Crippen LogP contribution in [0.15, 0.2) is 0 Å². The van der Waals surface area contributed by atoms with Gasteiger partial charge in [0.1, 0.15) is 5.60 Å². The van der Waals surface area contributed by atoms with E-state index in [-0.39, 0.29) is 12.1 Å². The van der Waals surface area contributed by atoms with Crippen molar-refractivity contribution in [2.45, 2.75) is 77.5 Å². The second kappa shape index (κ2) is 8.34. The van der Waals surface area contributed by atoms with E-state index in [1.807, 2.05) is 25.7 Å². The van der Waals surface area contributed by atoms with Crippen molar-refractivity contribution in [2.24, 2.45) is 0 Å². The first-order valence-electron chi connectivity index (χ1n) is 9.31. The van der Waals surface area contributed by atoms with Gasteiger partial charge in [-0.1, -0.05) is 0 Å². The van der Waals surface area contributed by atoms with E-state index in [0.717, 1.165) is 32.5 Å². The third-order valence-corrected chi connectivity index (χ3v) is 4.84. The summed E-state index contributed by atoms with van der Waals surface area (Å²) in [5.74, 6) is 0. The van der Waals surface area contributed by atoms with E-state index in [2.05, 4.69) is 17.1 Å². The summed E-state index contributed by atoms with van der Waals surface area (Å²) in [6.07, 6.45) is 5.87. The van der Waals surface area contributed by atoms with Gasteiger partial charge in [-0.15, -0.1) is 0 Å². The lowest BCUT2D eigenvalue weighted by atomic mass is 10.0. The molecule has 0 aromatic carbocycles. The monoisotopic (exact) mass is 325 g/mol. The molecule has 0 aromatic heterocycles. The molecule has 0 bridgehead atoms. The van der Waals surface area contributed by atoms with Crippen LogP contribution in [-0.2, 0) is 4.74 Å². The first kappa shape index (κ1) is 18.5. The highest BCUT2D eigenvalue weighted by Gasteiger charge is 2.30. The number of amides is 1. The van der Waals surface area contributed by atoms with Gasteiger partial charge in [-0.25, -0.2) is 4.79 Å². The van der Waals surface area contributed by atoms with Gasteiger partial charge in [0.2, 0.25) is 0 Å². The van der Waals surface area contributed by atoms with Crippen LogP contribution in [0.5, 0.6) is 0 Å². The number of ether oxygens (including phenoxy) is 1. The summed E-state index contributed by atoms with van der Waals surface area (Å²) in [5, 5.41) is 3.59. The third-order valence-electron chi connectivity index (χ3n) is 4.84. The summed E-state index contributed by atoms with van der Waals surface area (Å²) in [5.41, 5.74) is -0.420. The Kier molecular flexibility index (Phi) is 6.72. The maximum absolute atomic E-state index is 12.4. The Morgan fingerprint density at radius 3 is 2.48 bits per heavy atom. The van der Waals surface area contributed by atoms with Gasteiger partial charge in [-0.2, -0.15) is 0 Å². The van der Waals surface area contributed by atoms with Gasteiger partial charge < -0.3 is 15.0 Å². The molecule has 2 aliphatic rings. The van der Waals surface area contributed by atoms with Crippen molar-refractivity contribution in [3.05, 3.63) is 0 Å². The van der Waals surface area contributed by atoms with E-state index in [1.54, 1.807) is 0 Å². The minimum Gasteiger partial charge on any atom is -0.444 e. The summed E-state index contributed by atoms with van der Waals surface area (Å²) < 4.78 is 5.57. The Hall–Kier alpha value is -0.810. The van der Waals surface area contributed by atoms with Crippen LogP contribution in [0, 0.1) is 0 Å². The van der Waals surface area contributed by atoms with E-state index in [0.29, 0.717) is 6.04 Å². The van der Waals surface area contributed by atoms with E-state index in [9.17, 15) is 4.79 Å². The predicted molar refractivity (Wildman–Crippen MR) is 93.7 cm³/mol. The Labute approximate surface area is 141 Å². The average molecular weight is 325 g/mol. The maximum Gasteiger partial charge on any atom is 0.410 e. The Bertz CT molecular complexity index is 375. The molecule has 2 heterocycles. The minimum absolute atomic E-state index is 0.156. The summed E-state index contributed by atoms with van der Waals surface area (Å²) >= 11 is 0. The highest BCUT2D eigenvalue weighted by Crippen LogP contribution is 2.20. The smallest absolute Gasteiger partial charge is 0.410 e. The molecule has 0 spiro atoms. The summed E-state index contributed by atoms with van der Waals surface area (Å²) in [7, 11) is 0. The second-order valence-corrected chi connectivity index (χ2v) is 8.07. The molecule has 23 heavy (non-hydrogen) atoms. The summed E-state index contributed by atoms with van der Waals surface area (Å²) in [4.78, 5) is 16.9. The van der Waals surface area contributed by atoms with Gasteiger partial charge in [-0.3, -0.25) is 4.90 Å². The van der Waals surface area contributed by atoms with Gasteiger partial charge in [0.05, 0.1) is 0 Å². The molecule has 2 unspecified atom stereocenters. The Morgan fingerprint density at radius 1 is 1.17 bits per heavy atom. The Morgan fingerprint density at radius 2 is 1.83 bits per heavy atom. The number of piperidine rings is 1. The van der Waals surface area contributed by atoms with Gasteiger partial charge >= 0.3 is 6.09 Å². The van der Waals surface area contributed by atoms with Crippen molar-refractivity contribution in [3.63, 3.8) is 0 Å². The maximum atomic E-state index is 12.4. The fourth-order valence-electron chi connectivity index (χ4n) is 3.54. The van der Waals surface area contributed by atoms with E-state index in [4.69, 9.17) is 4.74 Å². The van der Waals surface area contributed by atoms with Crippen molar-refractivity contribution in [2.75, 3.05) is 32.7 Å². The summed E-state index contributed by atoms with van der Waals surface area (Å²) in [6.45, 7) is 13.2. The standard InChI is InChI=1S/C18H35N3O2/c1-15(20-10-7-8-11-20)13-19-14-16-9-5-6-12-21(16)17(22)23-18(2,3)4/h15-16,19H,5-14H2,1-4H3. The fraction of sp³-hybridized carbons (Fsp3) is 0.944. The van der Waals surface area contributed by atoms with Gasteiger partial charge in [-0.05, 0) is 72.9 Å². The molecule has 0 saturated carbocycles. The predicted octanol–water partition coefficient (Wildman–Crippen LogP) is 2.85. The van der Waals surface area contributed by atoms with Crippen LogP contribution < -0.4 is 5.32 Å². The average Bonchev–Trinajstić information content (AvgIpc) is 3.00. The lowest BCUT2D eigenvalue weighted by molar-refractivity contribution is 0.00984. The Balaban J connectivity index is 1.77. The molecule has 2 aliphatic heterocycles. The molecule has 2 fully saturated rings. The number of nitrogens with one attached hydrogen (secondary N) is 1. The first-order valence-corrected chi connectivity index (χ1v) is 9.31. The van der Waals surface area contributed by atoms with Crippen LogP contribution >= 0.6 is 0 Å². The third kappa shape index (κ3) is 5.96. The minimum atomic E-state index is -0.420. The molecule has 1 N–H and O–H groups in total. The molecular weight excluding hydrogens is 290 g/mol. The van der Waals surface area contributed by atoms with Crippen molar-refractivity contribution < 1.29 is 9.53 Å². The molecule has 1 amide bonds. The molecule has 0 aliphatic carbocycles. The van der Waals surface area contributed by atoms with E-state index in [1.165, 1.54) is 32.4 Å².